The van der Waals surface area contributed by atoms with Crippen LogP contribution in [0.5, 0.6) is 0 Å². The number of rotatable bonds is 5. The summed E-state index contributed by atoms with van der Waals surface area (Å²) < 4.78 is 0. The molecule has 0 bridgehead atoms. The highest BCUT2D eigenvalue weighted by atomic mass is 35.5. The number of allylic oxidation sites excluding steroid dienone is 3. The van der Waals surface area contributed by atoms with E-state index in [1.165, 1.54) is 0 Å². The molecule has 0 aliphatic heterocycles. The molecule has 3 nitrogen and oxygen atoms in total. The van der Waals surface area contributed by atoms with E-state index in [1.54, 1.807) is 0 Å². The Morgan fingerprint density at radius 2 is 1.52 bits per heavy atom. The summed E-state index contributed by atoms with van der Waals surface area (Å²) in [6.45, 7) is 0.978. The SMILES string of the molecule is CN(C)c1ccc(C(=C2C=CC(CN)(CN)C=C2)c2ccccc2Cl)cc1. The number of anilines is 1. The zero-order chi connectivity index (χ0) is 19.4. The van der Waals surface area contributed by atoms with Crippen molar-refractivity contribution in [3.05, 3.63) is 94.6 Å². The van der Waals surface area contributed by atoms with E-state index in [1.807, 2.05) is 32.3 Å². The van der Waals surface area contributed by atoms with Gasteiger partial charge >= 0.3 is 0 Å². The molecule has 0 saturated carbocycles. The van der Waals surface area contributed by atoms with Crippen LogP contribution >= 0.6 is 11.6 Å². The summed E-state index contributed by atoms with van der Waals surface area (Å²) in [5, 5.41) is 0.730. The van der Waals surface area contributed by atoms with Crippen LogP contribution in [-0.2, 0) is 0 Å². The number of nitrogens with two attached hydrogens (primary N) is 2. The number of hydrogen-bond acceptors (Lipinski definition) is 3. The molecule has 0 unspecified atom stereocenters. The van der Waals surface area contributed by atoms with Gasteiger partial charge in [0.1, 0.15) is 0 Å². The molecule has 0 amide bonds. The fraction of sp³-hybridized carbons (Fsp3) is 0.217. The van der Waals surface area contributed by atoms with Crippen molar-refractivity contribution in [1.29, 1.82) is 0 Å². The van der Waals surface area contributed by atoms with Gasteiger partial charge in [0.2, 0.25) is 0 Å². The summed E-state index contributed by atoms with van der Waals surface area (Å²) >= 11 is 6.55. The van der Waals surface area contributed by atoms with Crippen LogP contribution in [0.3, 0.4) is 0 Å². The summed E-state index contributed by atoms with van der Waals surface area (Å²) in [4.78, 5) is 2.09. The van der Waals surface area contributed by atoms with Crippen LogP contribution < -0.4 is 16.4 Å². The summed E-state index contributed by atoms with van der Waals surface area (Å²) in [5.41, 5.74) is 17.1. The highest BCUT2D eigenvalue weighted by Gasteiger charge is 2.24. The Balaban J connectivity index is 2.15. The lowest BCUT2D eigenvalue weighted by Gasteiger charge is -2.27. The fourth-order valence-electron chi connectivity index (χ4n) is 3.21. The van der Waals surface area contributed by atoms with Gasteiger partial charge in [-0.2, -0.15) is 0 Å². The average molecular weight is 380 g/mol. The molecule has 3 rings (SSSR count). The van der Waals surface area contributed by atoms with Crippen LogP contribution in [0.2, 0.25) is 5.02 Å². The average Bonchev–Trinajstić information content (AvgIpc) is 2.71. The Morgan fingerprint density at radius 1 is 0.926 bits per heavy atom. The second-order valence-corrected chi connectivity index (χ2v) is 7.47. The topological polar surface area (TPSA) is 55.3 Å². The van der Waals surface area contributed by atoms with E-state index in [9.17, 15) is 0 Å². The van der Waals surface area contributed by atoms with Gasteiger partial charge in [-0.15, -0.1) is 0 Å². The van der Waals surface area contributed by atoms with Crippen molar-refractivity contribution >= 4 is 22.9 Å². The molecule has 140 valence electrons. The van der Waals surface area contributed by atoms with E-state index in [0.717, 1.165) is 33.0 Å². The first-order valence-electron chi connectivity index (χ1n) is 9.05. The van der Waals surface area contributed by atoms with Crippen LogP contribution in [-0.4, -0.2) is 27.2 Å². The van der Waals surface area contributed by atoms with Crippen molar-refractivity contribution in [2.75, 3.05) is 32.1 Å². The van der Waals surface area contributed by atoms with Crippen molar-refractivity contribution in [1.82, 2.24) is 0 Å². The lowest BCUT2D eigenvalue weighted by atomic mass is 9.81. The van der Waals surface area contributed by atoms with Crippen molar-refractivity contribution in [3.8, 4) is 0 Å². The van der Waals surface area contributed by atoms with Crippen molar-refractivity contribution in [2.45, 2.75) is 0 Å². The van der Waals surface area contributed by atoms with Crippen molar-refractivity contribution < 1.29 is 0 Å². The van der Waals surface area contributed by atoms with Crippen molar-refractivity contribution in [3.63, 3.8) is 0 Å². The van der Waals surface area contributed by atoms with E-state index in [0.29, 0.717) is 13.1 Å². The predicted octanol–water partition coefficient (Wildman–Crippen LogP) is 4.24. The first-order valence-corrected chi connectivity index (χ1v) is 9.43. The lowest BCUT2D eigenvalue weighted by Crippen LogP contribution is -2.35. The van der Waals surface area contributed by atoms with Gasteiger partial charge in [0.15, 0.2) is 0 Å². The van der Waals surface area contributed by atoms with Crippen LogP contribution in [0.15, 0.2) is 78.4 Å². The second kappa shape index (κ2) is 8.13. The first kappa shape index (κ1) is 19.4. The zero-order valence-electron chi connectivity index (χ0n) is 15.8. The summed E-state index contributed by atoms with van der Waals surface area (Å²) in [6.07, 6.45) is 8.43. The van der Waals surface area contributed by atoms with Gasteiger partial charge in [-0.05, 0) is 34.9 Å². The predicted molar refractivity (Wildman–Crippen MR) is 117 cm³/mol. The minimum absolute atomic E-state index is 0.274. The summed E-state index contributed by atoms with van der Waals surface area (Å²) in [6, 6.07) is 16.4. The number of hydrogen-bond donors (Lipinski definition) is 2. The molecule has 0 fully saturated rings. The Morgan fingerprint density at radius 3 is 2.04 bits per heavy atom. The molecule has 2 aromatic carbocycles. The Kier molecular flexibility index (Phi) is 5.85. The van der Waals surface area contributed by atoms with Gasteiger partial charge < -0.3 is 16.4 Å². The molecule has 0 saturated heterocycles. The highest BCUT2D eigenvalue weighted by molar-refractivity contribution is 6.32. The third kappa shape index (κ3) is 4.01. The van der Waals surface area contributed by atoms with Crippen LogP contribution in [0.1, 0.15) is 11.1 Å². The maximum atomic E-state index is 6.55. The van der Waals surface area contributed by atoms with E-state index >= 15 is 0 Å². The molecular formula is C23H26ClN3. The summed E-state index contributed by atoms with van der Waals surface area (Å²) in [5.74, 6) is 0. The first-order chi connectivity index (χ1) is 13.0. The van der Waals surface area contributed by atoms with Crippen LogP contribution in [0.25, 0.3) is 5.57 Å². The van der Waals surface area contributed by atoms with Gasteiger partial charge in [0.05, 0.1) is 0 Å². The molecular weight excluding hydrogens is 354 g/mol. The standard InChI is InChI=1S/C23H26ClN3/c1-27(2)19-9-7-17(8-10-19)22(20-5-3-4-6-21(20)24)18-11-13-23(15-25,16-26)14-12-18/h3-14H,15-16,25-26H2,1-2H3. The van der Waals surface area contributed by atoms with E-state index in [-0.39, 0.29) is 5.41 Å². The molecule has 27 heavy (non-hydrogen) atoms. The Hall–Kier alpha value is -2.33. The molecule has 4 N–H and O–H groups in total. The largest absolute Gasteiger partial charge is 0.378 e. The van der Waals surface area contributed by atoms with Crippen molar-refractivity contribution in [2.24, 2.45) is 16.9 Å². The van der Waals surface area contributed by atoms with E-state index in [2.05, 4.69) is 59.5 Å². The maximum absolute atomic E-state index is 6.55. The smallest absolute Gasteiger partial charge is 0.0484 e. The minimum Gasteiger partial charge on any atom is -0.378 e. The molecule has 1 aliphatic carbocycles. The third-order valence-electron chi connectivity index (χ3n) is 5.05. The highest BCUT2D eigenvalue weighted by Crippen LogP contribution is 2.36. The van der Waals surface area contributed by atoms with Gasteiger partial charge in [-0.3, -0.25) is 0 Å². The molecule has 0 atom stereocenters. The maximum Gasteiger partial charge on any atom is 0.0484 e. The Labute approximate surface area is 166 Å². The second-order valence-electron chi connectivity index (χ2n) is 7.06. The fourth-order valence-corrected chi connectivity index (χ4v) is 3.44. The van der Waals surface area contributed by atoms with Crippen LogP contribution in [0, 0.1) is 5.41 Å². The molecule has 0 spiro atoms. The zero-order valence-corrected chi connectivity index (χ0v) is 16.6. The Bertz CT molecular complexity index is 870. The molecule has 4 heteroatoms. The quantitative estimate of drug-likeness (QED) is 0.817. The summed E-state index contributed by atoms with van der Waals surface area (Å²) in [7, 11) is 4.07. The van der Waals surface area contributed by atoms with E-state index in [4.69, 9.17) is 23.1 Å². The molecule has 0 heterocycles. The number of benzene rings is 2. The number of halogens is 1. The lowest BCUT2D eigenvalue weighted by molar-refractivity contribution is 0.515. The van der Waals surface area contributed by atoms with Gasteiger partial charge in [0.25, 0.3) is 0 Å². The normalized spacial score (nSPS) is 15.1. The molecule has 0 aromatic heterocycles. The van der Waals surface area contributed by atoms with Gasteiger partial charge in [-0.25, -0.2) is 0 Å². The van der Waals surface area contributed by atoms with Gasteiger partial charge in [0, 0.05) is 48.9 Å². The number of nitrogens with zero attached hydrogens (tertiary/aromatic N) is 1. The molecule has 1 aliphatic rings. The monoisotopic (exact) mass is 379 g/mol. The third-order valence-corrected chi connectivity index (χ3v) is 5.38. The molecule has 0 radical (unpaired) electrons. The van der Waals surface area contributed by atoms with Crippen LogP contribution in [0.4, 0.5) is 5.69 Å². The van der Waals surface area contributed by atoms with Gasteiger partial charge in [-0.1, -0.05) is 66.2 Å². The van der Waals surface area contributed by atoms with E-state index < -0.39 is 0 Å². The minimum atomic E-state index is -0.274. The molecule has 2 aromatic rings.